The van der Waals surface area contributed by atoms with Gasteiger partial charge in [0.15, 0.2) is 0 Å². The molecule has 0 aliphatic heterocycles. The van der Waals surface area contributed by atoms with E-state index in [0.29, 0.717) is 5.56 Å². The van der Waals surface area contributed by atoms with Gasteiger partial charge in [0.1, 0.15) is 10.8 Å². The molecule has 7 heteroatoms. The van der Waals surface area contributed by atoms with E-state index < -0.39 is 0 Å². The fourth-order valence-corrected chi connectivity index (χ4v) is 2.61. The van der Waals surface area contributed by atoms with Gasteiger partial charge in [-0.3, -0.25) is 4.79 Å². The Hall–Kier alpha value is -1.73. The van der Waals surface area contributed by atoms with Crippen molar-refractivity contribution in [1.82, 2.24) is 10.4 Å². The molecule has 2 rings (SSSR count). The van der Waals surface area contributed by atoms with Gasteiger partial charge in [-0.1, -0.05) is 15.9 Å². The molecular formula is C13H12BrN3O2S. The molecule has 20 heavy (non-hydrogen) atoms. The first-order valence-corrected chi connectivity index (χ1v) is 7.43. The zero-order chi connectivity index (χ0) is 14.5. The van der Waals surface area contributed by atoms with Gasteiger partial charge >= 0.3 is 0 Å². The number of amides is 1. The largest absolute Gasteiger partial charge is 0.507 e. The van der Waals surface area contributed by atoms with Crippen molar-refractivity contribution in [2.45, 2.75) is 13.3 Å². The minimum Gasteiger partial charge on any atom is -0.507 e. The van der Waals surface area contributed by atoms with E-state index in [1.165, 1.54) is 17.6 Å². The maximum absolute atomic E-state index is 11.6. The van der Waals surface area contributed by atoms with Crippen LogP contribution in [0.2, 0.25) is 0 Å². The number of aryl methyl sites for hydroxylation is 1. The number of nitrogens with zero attached hydrogens (tertiary/aromatic N) is 2. The quantitative estimate of drug-likeness (QED) is 0.655. The predicted molar refractivity (Wildman–Crippen MR) is 82.1 cm³/mol. The number of nitrogens with one attached hydrogen (secondary N) is 1. The zero-order valence-electron chi connectivity index (χ0n) is 10.6. The molecule has 2 aromatic rings. The third kappa shape index (κ3) is 4.14. The standard InChI is InChI=1S/C13H12BrN3O2S/c1-8-7-20-13(16-8)5-12(19)17-15-6-9-4-10(14)2-3-11(9)18/h2-4,6-7,18H,5H2,1H3,(H,17,19)/b15-6+. The SMILES string of the molecule is Cc1csc(CC(=O)N/N=C/c2cc(Br)ccc2O)n1. The van der Waals surface area contributed by atoms with Gasteiger partial charge in [-0.15, -0.1) is 11.3 Å². The van der Waals surface area contributed by atoms with Gasteiger partial charge in [-0.25, -0.2) is 10.4 Å². The van der Waals surface area contributed by atoms with Crippen LogP contribution in [0.15, 0.2) is 33.2 Å². The molecule has 1 heterocycles. The van der Waals surface area contributed by atoms with Crippen LogP contribution >= 0.6 is 27.3 Å². The summed E-state index contributed by atoms with van der Waals surface area (Å²) in [5, 5.41) is 16.1. The number of phenols is 1. The molecule has 0 fully saturated rings. The van der Waals surface area contributed by atoms with Crippen molar-refractivity contribution >= 4 is 39.4 Å². The van der Waals surface area contributed by atoms with Crippen LogP contribution in [0.3, 0.4) is 0 Å². The summed E-state index contributed by atoms with van der Waals surface area (Å²) in [6, 6.07) is 4.97. The molecule has 0 atom stereocenters. The Morgan fingerprint density at radius 2 is 2.40 bits per heavy atom. The maximum Gasteiger partial charge on any atom is 0.246 e. The summed E-state index contributed by atoms with van der Waals surface area (Å²) in [5.41, 5.74) is 3.83. The summed E-state index contributed by atoms with van der Waals surface area (Å²) in [5.74, 6) is -0.146. The van der Waals surface area contributed by atoms with E-state index in [9.17, 15) is 9.90 Å². The second-order valence-corrected chi connectivity index (χ2v) is 5.91. The van der Waals surface area contributed by atoms with Crippen molar-refractivity contribution in [2.75, 3.05) is 0 Å². The highest BCUT2D eigenvalue weighted by atomic mass is 79.9. The van der Waals surface area contributed by atoms with E-state index in [-0.39, 0.29) is 18.1 Å². The summed E-state index contributed by atoms with van der Waals surface area (Å²) < 4.78 is 0.821. The van der Waals surface area contributed by atoms with Crippen molar-refractivity contribution in [3.63, 3.8) is 0 Å². The summed E-state index contributed by atoms with van der Waals surface area (Å²) in [4.78, 5) is 15.8. The van der Waals surface area contributed by atoms with Crippen LogP contribution in [-0.2, 0) is 11.2 Å². The zero-order valence-corrected chi connectivity index (χ0v) is 13.0. The average Bonchev–Trinajstić information content (AvgIpc) is 2.79. The number of hydrogen-bond donors (Lipinski definition) is 2. The molecule has 0 saturated carbocycles. The third-order valence-corrected chi connectivity index (χ3v) is 3.82. The van der Waals surface area contributed by atoms with E-state index in [4.69, 9.17) is 0 Å². The number of halogens is 1. The van der Waals surface area contributed by atoms with Crippen LogP contribution in [0.4, 0.5) is 0 Å². The minimum atomic E-state index is -0.245. The normalized spacial score (nSPS) is 10.9. The number of carbonyl (C=O) groups excluding carboxylic acids is 1. The molecule has 1 aromatic heterocycles. The lowest BCUT2D eigenvalue weighted by Crippen LogP contribution is -2.19. The summed E-state index contributed by atoms with van der Waals surface area (Å²) in [7, 11) is 0. The topological polar surface area (TPSA) is 74.6 Å². The van der Waals surface area contributed by atoms with Crippen LogP contribution < -0.4 is 5.43 Å². The summed E-state index contributed by atoms with van der Waals surface area (Å²) in [6.07, 6.45) is 1.59. The Morgan fingerprint density at radius 3 is 3.10 bits per heavy atom. The lowest BCUT2D eigenvalue weighted by Gasteiger charge is -2.00. The molecule has 0 spiro atoms. The first-order valence-electron chi connectivity index (χ1n) is 5.76. The fourth-order valence-electron chi connectivity index (χ4n) is 1.46. The Balaban J connectivity index is 1.92. The lowest BCUT2D eigenvalue weighted by atomic mass is 10.2. The highest BCUT2D eigenvalue weighted by molar-refractivity contribution is 9.10. The molecule has 1 amide bonds. The number of rotatable bonds is 4. The molecular weight excluding hydrogens is 342 g/mol. The number of phenolic OH excluding ortho intramolecular Hbond substituents is 1. The van der Waals surface area contributed by atoms with Crippen LogP contribution in [0.5, 0.6) is 5.75 Å². The van der Waals surface area contributed by atoms with Crippen LogP contribution in [0.1, 0.15) is 16.3 Å². The molecule has 0 radical (unpaired) electrons. The van der Waals surface area contributed by atoms with E-state index in [2.05, 4.69) is 31.4 Å². The van der Waals surface area contributed by atoms with Crippen molar-refractivity contribution in [3.8, 4) is 5.75 Å². The fraction of sp³-hybridized carbons (Fsp3) is 0.154. The van der Waals surface area contributed by atoms with Gasteiger partial charge in [-0.05, 0) is 25.1 Å². The molecule has 0 aliphatic carbocycles. The van der Waals surface area contributed by atoms with E-state index in [0.717, 1.165) is 15.2 Å². The van der Waals surface area contributed by atoms with Gasteiger partial charge in [0, 0.05) is 21.1 Å². The smallest absolute Gasteiger partial charge is 0.246 e. The Labute approximate surface area is 128 Å². The molecule has 0 bridgehead atoms. The highest BCUT2D eigenvalue weighted by Crippen LogP contribution is 2.19. The van der Waals surface area contributed by atoms with Gasteiger partial charge < -0.3 is 5.11 Å². The van der Waals surface area contributed by atoms with Gasteiger partial charge in [-0.2, -0.15) is 5.10 Å². The van der Waals surface area contributed by atoms with Crippen LogP contribution in [-0.4, -0.2) is 22.2 Å². The van der Waals surface area contributed by atoms with Crippen molar-refractivity contribution in [1.29, 1.82) is 0 Å². The number of hydrogen-bond acceptors (Lipinski definition) is 5. The number of hydrazone groups is 1. The molecule has 0 unspecified atom stereocenters. The van der Waals surface area contributed by atoms with Gasteiger partial charge in [0.05, 0.1) is 12.6 Å². The van der Waals surface area contributed by atoms with Crippen molar-refractivity contribution in [3.05, 3.63) is 44.3 Å². The molecule has 2 N–H and O–H groups in total. The highest BCUT2D eigenvalue weighted by Gasteiger charge is 2.05. The Kier molecular flexibility index (Phi) is 4.86. The monoisotopic (exact) mass is 353 g/mol. The second kappa shape index (κ2) is 6.62. The maximum atomic E-state index is 11.6. The summed E-state index contributed by atoms with van der Waals surface area (Å²) in [6.45, 7) is 1.88. The first-order chi connectivity index (χ1) is 9.54. The van der Waals surface area contributed by atoms with E-state index >= 15 is 0 Å². The molecule has 104 valence electrons. The van der Waals surface area contributed by atoms with Crippen molar-refractivity contribution in [2.24, 2.45) is 5.10 Å². The number of benzene rings is 1. The van der Waals surface area contributed by atoms with Gasteiger partial charge in [0.2, 0.25) is 5.91 Å². The third-order valence-electron chi connectivity index (χ3n) is 2.36. The minimum absolute atomic E-state index is 0.0988. The lowest BCUT2D eigenvalue weighted by molar-refractivity contribution is -0.120. The second-order valence-electron chi connectivity index (χ2n) is 4.06. The van der Waals surface area contributed by atoms with Gasteiger partial charge in [0.25, 0.3) is 0 Å². The molecule has 1 aromatic carbocycles. The Morgan fingerprint density at radius 1 is 1.60 bits per heavy atom. The molecule has 5 nitrogen and oxygen atoms in total. The number of carbonyl (C=O) groups is 1. The predicted octanol–water partition coefficient (Wildman–Crippen LogP) is 2.61. The average molecular weight is 354 g/mol. The van der Waals surface area contributed by atoms with E-state index in [1.54, 1.807) is 18.2 Å². The summed E-state index contributed by atoms with van der Waals surface area (Å²) >= 11 is 4.74. The number of thiazole rings is 1. The van der Waals surface area contributed by atoms with E-state index in [1.807, 2.05) is 12.3 Å². The van der Waals surface area contributed by atoms with Crippen LogP contribution in [0.25, 0.3) is 0 Å². The Bertz CT molecular complexity index is 655. The van der Waals surface area contributed by atoms with Crippen molar-refractivity contribution < 1.29 is 9.90 Å². The number of aromatic hydroxyl groups is 1. The number of aromatic nitrogens is 1. The van der Waals surface area contributed by atoms with Crippen LogP contribution in [0, 0.1) is 6.92 Å². The molecule has 0 aliphatic rings. The first kappa shape index (κ1) is 14.7. The molecule has 0 saturated heterocycles.